The van der Waals surface area contributed by atoms with Crippen LogP contribution in [0.3, 0.4) is 0 Å². The summed E-state index contributed by atoms with van der Waals surface area (Å²) in [6.07, 6.45) is 3.73. The number of pyridine rings is 1. The number of aryl methyl sites for hydroxylation is 1. The molecule has 4 rings (SSSR count). The monoisotopic (exact) mass is 450 g/mol. The van der Waals surface area contributed by atoms with Crippen molar-refractivity contribution in [2.24, 2.45) is 0 Å². The van der Waals surface area contributed by atoms with E-state index >= 15 is 0 Å². The third kappa shape index (κ3) is 4.13. The minimum Gasteiger partial charge on any atom is -0.305 e. The molecule has 1 aromatic carbocycles. The molecule has 0 saturated heterocycles. The lowest BCUT2D eigenvalue weighted by atomic mass is 10.1. The third-order valence-electron chi connectivity index (χ3n) is 5.17. The van der Waals surface area contributed by atoms with E-state index in [1.54, 1.807) is 32.1 Å². The Kier molecular flexibility index (Phi) is 5.80. The van der Waals surface area contributed by atoms with E-state index in [9.17, 15) is 13.6 Å². The first kappa shape index (κ1) is 21.7. The van der Waals surface area contributed by atoms with Crippen LogP contribution in [0.4, 0.5) is 8.78 Å². The molecule has 3 heterocycles. The fraction of sp³-hybridized carbons (Fsp3) is 0.167. The number of hydrogen-bond donors (Lipinski definition) is 1. The molecule has 0 unspecified atom stereocenters. The highest BCUT2D eigenvalue weighted by Crippen LogP contribution is 2.31. The van der Waals surface area contributed by atoms with Crippen LogP contribution in [0.2, 0.25) is 0 Å². The van der Waals surface area contributed by atoms with Crippen molar-refractivity contribution < 1.29 is 8.78 Å². The summed E-state index contributed by atoms with van der Waals surface area (Å²) < 4.78 is 30.6. The second-order valence-corrected chi connectivity index (χ2v) is 8.52. The molecule has 1 N–H and O–H groups in total. The van der Waals surface area contributed by atoms with Crippen LogP contribution in [0.5, 0.6) is 0 Å². The predicted octanol–water partition coefficient (Wildman–Crippen LogP) is 5.79. The lowest BCUT2D eigenvalue weighted by molar-refractivity contribution is 0.586. The second kappa shape index (κ2) is 8.55. The molecule has 0 spiro atoms. The normalized spacial score (nSPS) is 11.8. The van der Waals surface area contributed by atoms with Gasteiger partial charge in [0.15, 0.2) is 0 Å². The zero-order valence-corrected chi connectivity index (χ0v) is 18.6. The van der Waals surface area contributed by atoms with Gasteiger partial charge in [-0.1, -0.05) is 13.0 Å². The molecular formula is C24H20F2N4OS. The Balaban J connectivity index is 1.97. The molecule has 8 heteroatoms. The number of fused-ring (bicyclic) bond motifs is 1. The summed E-state index contributed by atoms with van der Waals surface area (Å²) in [5.41, 5.74) is 2.13. The smallest absolute Gasteiger partial charge is 0.213 e. The number of benzene rings is 1. The van der Waals surface area contributed by atoms with Crippen LogP contribution in [0, 0.1) is 17.2 Å². The van der Waals surface area contributed by atoms with Crippen LogP contribution >= 0.6 is 11.3 Å². The Hall–Kier alpha value is -3.52. The average molecular weight is 451 g/mol. The van der Waals surface area contributed by atoms with E-state index in [2.05, 4.69) is 10.1 Å². The third-order valence-corrected chi connectivity index (χ3v) is 6.26. The summed E-state index contributed by atoms with van der Waals surface area (Å²) in [5.74, 6) is -1.07. The molecule has 5 nitrogen and oxygen atoms in total. The van der Waals surface area contributed by atoms with Crippen molar-refractivity contribution in [2.75, 3.05) is 0 Å². The van der Waals surface area contributed by atoms with Gasteiger partial charge in [-0.25, -0.2) is 14.1 Å². The predicted molar refractivity (Wildman–Crippen MR) is 125 cm³/mol. The molecule has 0 saturated carbocycles. The molecule has 0 amide bonds. The van der Waals surface area contributed by atoms with E-state index in [1.807, 2.05) is 13.0 Å². The number of halogens is 2. The van der Waals surface area contributed by atoms with Crippen LogP contribution < -0.4 is 5.43 Å². The molecule has 0 aliphatic heterocycles. The lowest BCUT2D eigenvalue weighted by Gasteiger charge is -2.13. The van der Waals surface area contributed by atoms with Crippen molar-refractivity contribution in [2.45, 2.75) is 27.2 Å². The summed E-state index contributed by atoms with van der Waals surface area (Å²) in [6, 6.07) is 9.25. The summed E-state index contributed by atoms with van der Waals surface area (Å²) in [5, 5.41) is 13.0. The molecule has 0 fully saturated rings. The molecule has 162 valence electrons. The van der Waals surface area contributed by atoms with E-state index in [1.165, 1.54) is 40.4 Å². The Morgan fingerprint density at radius 2 is 1.97 bits per heavy atom. The first-order valence-corrected chi connectivity index (χ1v) is 10.8. The van der Waals surface area contributed by atoms with Gasteiger partial charge in [-0.15, -0.1) is 11.3 Å². The maximum atomic E-state index is 15.0. The SMILES string of the molecule is CCc1ccc(-n2nc(-c3cc4cc(F)ncc4s3)c(=O)cc2/C=C(/C)C(C)=N)c(F)c1. The molecule has 0 radical (unpaired) electrons. The maximum absolute atomic E-state index is 15.0. The largest absolute Gasteiger partial charge is 0.305 e. The summed E-state index contributed by atoms with van der Waals surface area (Å²) in [4.78, 5) is 17.2. The number of nitrogens with zero attached hydrogens (tertiary/aromatic N) is 3. The standard InChI is InChI=1S/C24H20F2N4OS/c1-4-15-5-6-19(18(25)8-15)30-17(7-13(2)14(3)27)11-20(31)24(29-30)21-9-16-10-23(26)28-12-22(16)32-21/h5-12,27H,4H2,1-3H3/b13-7-,27-14?. The summed E-state index contributed by atoms with van der Waals surface area (Å²) >= 11 is 1.26. The first-order chi connectivity index (χ1) is 15.3. The molecule has 4 aromatic rings. The first-order valence-electron chi connectivity index (χ1n) is 9.99. The van der Waals surface area contributed by atoms with Crippen molar-refractivity contribution in [3.05, 3.63) is 81.4 Å². The lowest BCUT2D eigenvalue weighted by Crippen LogP contribution is -2.17. The molecule has 3 aromatic heterocycles. The molecule has 32 heavy (non-hydrogen) atoms. The molecule has 0 bridgehead atoms. The molecule has 0 aliphatic carbocycles. The number of rotatable bonds is 5. The highest BCUT2D eigenvalue weighted by atomic mass is 32.1. The number of thiophene rings is 1. The van der Waals surface area contributed by atoms with E-state index in [0.717, 1.165) is 5.56 Å². The van der Waals surface area contributed by atoms with E-state index < -0.39 is 11.8 Å². The number of aromatic nitrogens is 3. The van der Waals surface area contributed by atoms with Gasteiger partial charge in [-0.05, 0) is 61.1 Å². The van der Waals surface area contributed by atoms with Gasteiger partial charge in [0, 0.05) is 24.0 Å². The highest BCUT2D eigenvalue weighted by molar-refractivity contribution is 7.22. The van der Waals surface area contributed by atoms with Gasteiger partial charge >= 0.3 is 0 Å². The van der Waals surface area contributed by atoms with Crippen molar-refractivity contribution in [3.63, 3.8) is 0 Å². The van der Waals surface area contributed by atoms with E-state index in [-0.39, 0.29) is 16.8 Å². The van der Waals surface area contributed by atoms with Gasteiger partial charge in [-0.2, -0.15) is 9.49 Å². The summed E-state index contributed by atoms with van der Waals surface area (Å²) in [6.45, 7) is 5.32. The van der Waals surface area contributed by atoms with Gasteiger partial charge in [-0.3, -0.25) is 4.79 Å². The topological polar surface area (TPSA) is 71.6 Å². The van der Waals surface area contributed by atoms with E-state index in [0.29, 0.717) is 38.4 Å². The Bertz CT molecular complexity index is 1450. The van der Waals surface area contributed by atoms with Crippen LogP contribution in [0.25, 0.3) is 32.4 Å². The Morgan fingerprint density at radius 1 is 1.19 bits per heavy atom. The minimum absolute atomic E-state index is 0.131. The maximum Gasteiger partial charge on any atom is 0.213 e. The minimum atomic E-state index is -0.608. The fourth-order valence-electron chi connectivity index (χ4n) is 3.24. The van der Waals surface area contributed by atoms with Gasteiger partial charge in [0.05, 0.1) is 15.3 Å². The zero-order valence-electron chi connectivity index (χ0n) is 17.7. The Labute approximate surface area is 187 Å². The van der Waals surface area contributed by atoms with Crippen molar-refractivity contribution in [1.29, 1.82) is 5.41 Å². The molecule has 0 atom stereocenters. The fourth-order valence-corrected chi connectivity index (χ4v) is 4.25. The average Bonchev–Trinajstić information content (AvgIpc) is 3.16. The van der Waals surface area contributed by atoms with Gasteiger partial charge < -0.3 is 5.41 Å². The second-order valence-electron chi connectivity index (χ2n) is 7.44. The van der Waals surface area contributed by atoms with Crippen LogP contribution in [-0.2, 0) is 6.42 Å². The molecular weight excluding hydrogens is 430 g/mol. The van der Waals surface area contributed by atoms with Crippen molar-refractivity contribution in [1.82, 2.24) is 14.8 Å². The van der Waals surface area contributed by atoms with Crippen LogP contribution in [-0.4, -0.2) is 20.5 Å². The number of nitrogens with one attached hydrogen (secondary N) is 1. The van der Waals surface area contributed by atoms with Crippen molar-refractivity contribution in [3.8, 4) is 16.3 Å². The zero-order chi connectivity index (χ0) is 23.0. The van der Waals surface area contributed by atoms with E-state index in [4.69, 9.17) is 5.41 Å². The van der Waals surface area contributed by atoms with Crippen LogP contribution in [0.15, 0.2) is 53.0 Å². The summed E-state index contributed by atoms with van der Waals surface area (Å²) in [7, 11) is 0. The van der Waals surface area contributed by atoms with Gasteiger partial charge in [0.1, 0.15) is 17.2 Å². The quantitative estimate of drug-likeness (QED) is 0.309. The number of hydrogen-bond acceptors (Lipinski definition) is 5. The van der Waals surface area contributed by atoms with Gasteiger partial charge in [0.2, 0.25) is 11.4 Å². The van der Waals surface area contributed by atoms with Crippen LogP contribution in [0.1, 0.15) is 32.0 Å². The Morgan fingerprint density at radius 3 is 2.66 bits per heavy atom. The highest BCUT2D eigenvalue weighted by Gasteiger charge is 2.16. The van der Waals surface area contributed by atoms with Crippen molar-refractivity contribution >= 4 is 33.2 Å². The van der Waals surface area contributed by atoms with Gasteiger partial charge in [0.25, 0.3) is 0 Å². The molecule has 0 aliphatic rings. The number of allylic oxidation sites excluding steroid dienone is 1.